The summed E-state index contributed by atoms with van der Waals surface area (Å²) in [6, 6.07) is 9.26. The zero-order chi connectivity index (χ0) is 19.5. The topological polar surface area (TPSA) is 76.5 Å². The molecule has 0 unspecified atom stereocenters. The lowest BCUT2D eigenvalue weighted by Crippen LogP contribution is -2.46. The highest BCUT2D eigenvalue weighted by Crippen LogP contribution is 2.31. The fourth-order valence-electron chi connectivity index (χ4n) is 4.26. The van der Waals surface area contributed by atoms with Gasteiger partial charge >= 0.3 is 0 Å². The Balaban J connectivity index is 0.00000160. The first kappa shape index (κ1) is 24.3. The molecule has 7 nitrogen and oxygen atoms in total. The third-order valence-corrected chi connectivity index (χ3v) is 5.67. The summed E-state index contributed by atoms with van der Waals surface area (Å²) in [5.41, 5.74) is 1.87. The molecule has 2 bridgehead atoms. The minimum absolute atomic E-state index is 0. The van der Waals surface area contributed by atoms with E-state index in [1.165, 1.54) is 0 Å². The number of hydrogen-bond acceptors (Lipinski definition) is 5. The molecule has 0 aromatic carbocycles. The van der Waals surface area contributed by atoms with E-state index in [0.717, 1.165) is 30.9 Å². The molecule has 164 valence electrons. The molecule has 0 radical (unpaired) electrons. The number of fused-ring (bicyclic) bond motifs is 4. The molecule has 9 heteroatoms. The van der Waals surface area contributed by atoms with Crippen molar-refractivity contribution in [1.29, 1.82) is 0 Å². The van der Waals surface area contributed by atoms with Crippen molar-refractivity contribution in [2.45, 2.75) is 25.4 Å². The van der Waals surface area contributed by atoms with E-state index >= 15 is 0 Å². The van der Waals surface area contributed by atoms with Gasteiger partial charge in [0.05, 0.1) is 18.8 Å². The second-order valence-electron chi connectivity index (χ2n) is 7.59. The number of rotatable bonds is 6. The van der Waals surface area contributed by atoms with Gasteiger partial charge in [-0.3, -0.25) is 14.6 Å². The van der Waals surface area contributed by atoms with Gasteiger partial charge in [0, 0.05) is 44.6 Å². The molecule has 1 N–H and O–H groups in total. The third kappa shape index (κ3) is 5.03. The Morgan fingerprint density at radius 2 is 2.10 bits per heavy atom. The number of carbonyl (C=O) groups excluding carboxylic acids is 1. The number of nitrogens with zero attached hydrogens (tertiary/aromatic N) is 3. The van der Waals surface area contributed by atoms with E-state index in [2.05, 4.69) is 10.3 Å². The van der Waals surface area contributed by atoms with Gasteiger partial charge in [-0.25, -0.2) is 0 Å². The first-order chi connectivity index (χ1) is 13.7. The van der Waals surface area contributed by atoms with Crippen LogP contribution >= 0.6 is 24.8 Å². The summed E-state index contributed by atoms with van der Waals surface area (Å²) in [6.45, 7) is 3.66. The summed E-state index contributed by atoms with van der Waals surface area (Å²) in [5, 5.41) is 3.44. The summed E-state index contributed by atoms with van der Waals surface area (Å²) in [5.74, 6) is 0.534. The molecule has 4 heterocycles. The minimum atomic E-state index is -0.267. The second-order valence-corrected chi connectivity index (χ2v) is 7.59. The predicted molar refractivity (Wildman–Crippen MR) is 120 cm³/mol. The van der Waals surface area contributed by atoms with Gasteiger partial charge in [0.1, 0.15) is 5.56 Å². The maximum atomic E-state index is 13.2. The Kier molecular flexibility index (Phi) is 8.85. The van der Waals surface area contributed by atoms with E-state index in [1.54, 1.807) is 24.3 Å². The largest absolute Gasteiger partial charge is 0.383 e. The number of hydrogen-bond donors (Lipinski definition) is 1. The number of methoxy groups -OCH3 is 1. The van der Waals surface area contributed by atoms with Gasteiger partial charge in [-0.05, 0) is 43.1 Å². The highest BCUT2D eigenvalue weighted by atomic mass is 35.5. The Labute approximate surface area is 188 Å². The maximum absolute atomic E-state index is 13.2. The Morgan fingerprint density at radius 1 is 1.27 bits per heavy atom. The molecule has 2 aliphatic rings. The number of pyridine rings is 2. The Bertz CT molecular complexity index is 907. The van der Waals surface area contributed by atoms with Gasteiger partial charge in [0.15, 0.2) is 0 Å². The SMILES string of the molecule is COCCN(Cc1ccccn1)C(=O)c1ccc2n(c1=O)C[C@@H]1CNC[C@H]2C1.Cl.Cl. The lowest BCUT2D eigenvalue weighted by Gasteiger charge is -2.37. The number of ether oxygens (including phenoxy) is 1. The monoisotopic (exact) mass is 454 g/mol. The van der Waals surface area contributed by atoms with Gasteiger partial charge in [0.2, 0.25) is 0 Å². The molecule has 2 aliphatic heterocycles. The van der Waals surface area contributed by atoms with E-state index in [9.17, 15) is 9.59 Å². The highest BCUT2D eigenvalue weighted by Gasteiger charge is 2.32. The number of halogens is 2. The molecular weight excluding hydrogens is 427 g/mol. The summed E-state index contributed by atoms with van der Waals surface area (Å²) in [7, 11) is 1.60. The van der Waals surface area contributed by atoms with E-state index in [0.29, 0.717) is 38.1 Å². The van der Waals surface area contributed by atoms with Gasteiger partial charge in [-0.2, -0.15) is 0 Å². The number of carbonyl (C=O) groups is 1. The molecule has 2 atom stereocenters. The van der Waals surface area contributed by atoms with Crippen molar-refractivity contribution in [1.82, 2.24) is 19.8 Å². The van der Waals surface area contributed by atoms with Crippen LogP contribution < -0.4 is 10.9 Å². The van der Waals surface area contributed by atoms with Crippen LogP contribution in [0.2, 0.25) is 0 Å². The average molecular weight is 455 g/mol. The molecule has 0 saturated carbocycles. The van der Waals surface area contributed by atoms with Gasteiger partial charge < -0.3 is 19.5 Å². The van der Waals surface area contributed by atoms with Crippen molar-refractivity contribution in [3.05, 3.63) is 63.8 Å². The van der Waals surface area contributed by atoms with E-state index in [-0.39, 0.29) is 41.8 Å². The van der Waals surface area contributed by atoms with Crippen molar-refractivity contribution < 1.29 is 9.53 Å². The van der Waals surface area contributed by atoms with Crippen LogP contribution in [0.4, 0.5) is 0 Å². The number of amides is 1. The van der Waals surface area contributed by atoms with Crippen LogP contribution in [0.1, 0.15) is 34.1 Å². The Hall–Kier alpha value is -1.93. The van der Waals surface area contributed by atoms with Gasteiger partial charge in [-0.1, -0.05) is 6.07 Å². The van der Waals surface area contributed by atoms with Crippen LogP contribution in [0.25, 0.3) is 0 Å². The third-order valence-electron chi connectivity index (χ3n) is 5.67. The average Bonchev–Trinajstić information content (AvgIpc) is 2.72. The number of nitrogens with one attached hydrogen (secondary N) is 1. The molecule has 1 amide bonds. The van der Waals surface area contributed by atoms with Crippen LogP contribution in [0.5, 0.6) is 0 Å². The minimum Gasteiger partial charge on any atom is -0.383 e. The molecule has 0 aliphatic carbocycles. The van der Waals surface area contributed by atoms with Crippen LogP contribution in [-0.2, 0) is 17.8 Å². The lowest BCUT2D eigenvalue weighted by atomic mass is 9.84. The molecular formula is C21H28Cl2N4O3. The second kappa shape index (κ2) is 10.9. The summed E-state index contributed by atoms with van der Waals surface area (Å²) in [4.78, 5) is 32.3. The van der Waals surface area contributed by atoms with Gasteiger partial charge in [0.25, 0.3) is 11.5 Å². The molecule has 0 spiro atoms. The molecule has 30 heavy (non-hydrogen) atoms. The molecule has 2 aromatic heterocycles. The maximum Gasteiger partial charge on any atom is 0.263 e. The fraction of sp³-hybridized carbons (Fsp3) is 0.476. The standard InChI is InChI=1S/C21H26N4O3.2ClH/c1-28-9-8-24(14-17-4-2-3-7-23-17)20(26)18-5-6-19-16-10-15(11-22-12-16)13-25(19)21(18)27;;/h2-7,15-16,22H,8-14H2,1H3;2*1H/t15-,16+;;/m0../s1. The zero-order valence-corrected chi connectivity index (χ0v) is 18.6. The quantitative estimate of drug-likeness (QED) is 0.722. The normalized spacial score (nSPS) is 19.1. The van der Waals surface area contributed by atoms with Crippen molar-refractivity contribution in [2.75, 3.05) is 33.4 Å². The van der Waals surface area contributed by atoms with Crippen LogP contribution in [0.3, 0.4) is 0 Å². The van der Waals surface area contributed by atoms with Crippen molar-refractivity contribution in [3.8, 4) is 0 Å². The van der Waals surface area contributed by atoms with E-state index in [1.807, 2.05) is 28.8 Å². The van der Waals surface area contributed by atoms with E-state index in [4.69, 9.17) is 4.74 Å². The van der Waals surface area contributed by atoms with E-state index < -0.39 is 0 Å². The highest BCUT2D eigenvalue weighted by molar-refractivity contribution is 5.93. The molecule has 2 aromatic rings. The predicted octanol–water partition coefficient (Wildman–Crippen LogP) is 2.08. The summed E-state index contributed by atoms with van der Waals surface area (Å²) < 4.78 is 6.98. The first-order valence-electron chi connectivity index (χ1n) is 9.80. The summed E-state index contributed by atoms with van der Waals surface area (Å²) in [6.07, 6.45) is 2.81. The zero-order valence-electron chi connectivity index (χ0n) is 17.0. The van der Waals surface area contributed by atoms with Crippen LogP contribution in [-0.4, -0.2) is 53.7 Å². The molecule has 4 rings (SSSR count). The first-order valence-corrected chi connectivity index (χ1v) is 9.80. The van der Waals surface area contributed by atoms with Crippen LogP contribution in [0.15, 0.2) is 41.3 Å². The van der Waals surface area contributed by atoms with Gasteiger partial charge in [-0.15, -0.1) is 24.8 Å². The van der Waals surface area contributed by atoms with Crippen LogP contribution in [0, 0.1) is 5.92 Å². The fourth-order valence-corrected chi connectivity index (χ4v) is 4.26. The molecule has 1 saturated heterocycles. The summed E-state index contributed by atoms with van der Waals surface area (Å²) >= 11 is 0. The number of piperidine rings is 1. The molecule has 1 fully saturated rings. The van der Waals surface area contributed by atoms with Crippen molar-refractivity contribution in [3.63, 3.8) is 0 Å². The Morgan fingerprint density at radius 3 is 2.83 bits per heavy atom. The smallest absolute Gasteiger partial charge is 0.263 e. The lowest BCUT2D eigenvalue weighted by molar-refractivity contribution is 0.0674. The number of aromatic nitrogens is 2. The van der Waals surface area contributed by atoms with Crippen molar-refractivity contribution >= 4 is 30.7 Å². The van der Waals surface area contributed by atoms with Crippen molar-refractivity contribution in [2.24, 2.45) is 5.92 Å².